The van der Waals surface area contributed by atoms with E-state index in [0.29, 0.717) is 11.4 Å². The van der Waals surface area contributed by atoms with E-state index in [0.717, 1.165) is 0 Å². The number of ether oxygens (including phenoxy) is 3. The van der Waals surface area contributed by atoms with E-state index in [4.69, 9.17) is 30.3 Å². The van der Waals surface area contributed by atoms with Gasteiger partial charge in [0.05, 0.1) is 19.8 Å². The van der Waals surface area contributed by atoms with Crippen molar-refractivity contribution in [1.29, 1.82) is 0 Å². The highest BCUT2D eigenvalue weighted by Gasteiger charge is 2.60. The molecule has 37 heavy (non-hydrogen) atoms. The number of benzene rings is 1. The number of pyridine rings is 1. The highest BCUT2D eigenvalue weighted by atomic mass is 35.5. The van der Waals surface area contributed by atoms with E-state index in [2.05, 4.69) is 20.1 Å². The lowest BCUT2D eigenvalue weighted by Gasteiger charge is -2.36. The fourth-order valence-corrected chi connectivity index (χ4v) is 4.72. The number of nitrogens with zero attached hydrogens (tertiary/aromatic N) is 4. The monoisotopic (exact) mass is 524 g/mol. The molecule has 190 valence electrons. The molecule has 2 atom stereocenters. The number of fused-ring (bicyclic) bond motifs is 1. The third kappa shape index (κ3) is 3.82. The zero-order chi connectivity index (χ0) is 26.3. The molecule has 0 amide bonds. The van der Waals surface area contributed by atoms with Crippen LogP contribution in [-0.2, 0) is 11.3 Å². The molecule has 2 aromatic heterocycles. The largest absolute Gasteiger partial charge is 0.507 e. The number of carbonyl (C=O) groups is 2. The molecule has 0 radical (unpaired) electrons. The molecular formula is C25H21ClN4O7. The second kappa shape index (κ2) is 9.32. The highest BCUT2D eigenvalue weighted by molar-refractivity contribution is 6.35. The molecular weight excluding hydrogens is 504 g/mol. The van der Waals surface area contributed by atoms with E-state index < -0.39 is 28.8 Å². The quantitative estimate of drug-likeness (QED) is 0.472. The first-order valence-electron chi connectivity index (χ1n) is 11.2. The molecule has 1 aliphatic heterocycles. The van der Waals surface area contributed by atoms with E-state index in [1.807, 2.05) is 0 Å². The number of aliphatic imine (C=N–C) groups is 1. The van der Waals surface area contributed by atoms with Gasteiger partial charge in [0, 0.05) is 42.6 Å². The van der Waals surface area contributed by atoms with Gasteiger partial charge in [0.2, 0.25) is 23.1 Å². The van der Waals surface area contributed by atoms with Gasteiger partial charge in [-0.3, -0.25) is 19.6 Å². The predicted molar refractivity (Wildman–Crippen MR) is 130 cm³/mol. The minimum absolute atomic E-state index is 0.0145. The van der Waals surface area contributed by atoms with E-state index in [-0.39, 0.29) is 52.3 Å². The minimum Gasteiger partial charge on any atom is -0.507 e. The number of allylic oxidation sites excluding steroid dienone is 1. The number of Topliss-reactive ketones (excluding diaryl/α,β-unsaturated/α-hetero) is 2. The summed E-state index contributed by atoms with van der Waals surface area (Å²) in [6, 6.07) is 4.99. The molecule has 0 saturated heterocycles. The van der Waals surface area contributed by atoms with Crippen molar-refractivity contribution in [2.45, 2.75) is 25.5 Å². The van der Waals surface area contributed by atoms with Crippen LogP contribution in [-0.4, -0.2) is 57.8 Å². The Kier molecular flexibility index (Phi) is 6.16. The Labute approximate surface area is 215 Å². The molecule has 11 nitrogen and oxygen atoms in total. The van der Waals surface area contributed by atoms with Crippen LogP contribution in [0, 0.1) is 5.92 Å². The molecule has 0 fully saturated rings. The summed E-state index contributed by atoms with van der Waals surface area (Å²) >= 11 is 6.43. The van der Waals surface area contributed by atoms with Crippen LogP contribution in [0.5, 0.6) is 17.2 Å². The number of aromatic nitrogens is 3. The van der Waals surface area contributed by atoms with Crippen molar-refractivity contribution < 1.29 is 33.4 Å². The van der Waals surface area contributed by atoms with Crippen molar-refractivity contribution >= 4 is 29.4 Å². The molecule has 1 aromatic carbocycles. The van der Waals surface area contributed by atoms with Gasteiger partial charge >= 0.3 is 0 Å². The molecule has 2 unspecified atom stereocenters. The number of carbonyl (C=O) groups excluding carboxylic acids is 2. The Morgan fingerprint density at radius 3 is 2.78 bits per heavy atom. The number of ketones is 2. The van der Waals surface area contributed by atoms with Crippen LogP contribution in [0.15, 0.2) is 51.4 Å². The van der Waals surface area contributed by atoms with Crippen molar-refractivity contribution in [3.05, 3.63) is 58.4 Å². The summed E-state index contributed by atoms with van der Waals surface area (Å²) in [6.07, 6.45) is 4.32. The lowest BCUT2D eigenvalue weighted by Crippen LogP contribution is -2.52. The molecule has 1 N–H and O–H groups in total. The molecule has 1 aliphatic carbocycles. The summed E-state index contributed by atoms with van der Waals surface area (Å²) in [4.78, 5) is 39.0. The third-order valence-electron chi connectivity index (χ3n) is 6.35. The molecule has 5 rings (SSSR count). The van der Waals surface area contributed by atoms with Gasteiger partial charge in [0.1, 0.15) is 28.6 Å². The summed E-state index contributed by atoms with van der Waals surface area (Å²) in [5, 5.41) is 15.2. The first-order valence-corrected chi connectivity index (χ1v) is 11.6. The van der Waals surface area contributed by atoms with Crippen molar-refractivity contribution in [2.24, 2.45) is 10.9 Å². The van der Waals surface area contributed by atoms with Crippen molar-refractivity contribution in [3.63, 3.8) is 0 Å². The maximum Gasteiger partial charge on any atom is 0.248 e. The van der Waals surface area contributed by atoms with Crippen molar-refractivity contribution in [3.8, 4) is 28.6 Å². The van der Waals surface area contributed by atoms with E-state index >= 15 is 0 Å². The molecule has 3 aromatic rings. The van der Waals surface area contributed by atoms with Gasteiger partial charge in [0.25, 0.3) is 0 Å². The van der Waals surface area contributed by atoms with Gasteiger partial charge in [-0.25, -0.2) is 0 Å². The average molecular weight is 525 g/mol. The maximum absolute atomic E-state index is 13.7. The van der Waals surface area contributed by atoms with Gasteiger partial charge in [-0.05, 0) is 12.1 Å². The predicted octanol–water partition coefficient (Wildman–Crippen LogP) is 3.81. The number of hydrogen-bond acceptors (Lipinski definition) is 11. The van der Waals surface area contributed by atoms with E-state index in [1.165, 1.54) is 26.5 Å². The molecule has 12 heteroatoms. The molecule has 2 aliphatic rings. The van der Waals surface area contributed by atoms with E-state index in [9.17, 15) is 14.7 Å². The van der Waals surface area contributed by atoms with Crippen molar-refractivity contribution in [1.82, 2.24) is 15.1 Å². The SMILES string of the molecule is COc1cc(OC)c2c(c1Cl)OC1(C2=O)C(O)=C(C=NCc2nc(-c3cccnc3)no2)C(=O)CC1C. The zero-order valence-electron chi connectivity index (χ0n) is 20.0. The lowest BCUT2D eigenvalue weighted by molar-refractivity contribution is -0.118. The minimum atomic E-state index is -1.88. The number of aliphatic hydroxyl groups is 1. The number of methoxy groups -OCH3 is 2. The van der Waals surface area contributed by atoms with Crippen LogP contribution >= 0.6 is 11.6 Å². The summed E-state index contributed by atoms with van der Waals surface area (Å²) in [5.74, 6) is -1.29. The van der Waals surface area contributed by atoms with Crippen LogP contribution in [0.1, 0.15) is 29.6 Å². The fraction of sp³-hybridized carbons (Fsp3) is 0.280. The Bertz CT molecular complexity index is 1470. The Balaban J connectivity index is 1.48. The van der Waals surface area contributed by atoms with Gasteiger partial charge in [-0.15, -0.1) is 0 Å². The molecule has 3 heterocycles. The van der Waals surface area contributed by atoms with Crippen LogP contribution in [0.4, 0.5) is 0 Å². The molecule has 0 saturated carbocycles. The smallest absolute Gasteiger partial charge is 0.248 e. The average Bonchev–Trinajstić information content (AvgIpc) is 3.50. The second-order valence-corrected chi connectivity index (χ2v) is 8.86. The topological polar surface area (TPSA) is 146 Å². The summed E-state index contributed by atoms with van der Waals surface area (Å²) in [6.45, 7) is 1.58. The van der Waals surface area contributed by atoms with Crippen molar-refractivity contribution in [2.75, 3.05) is 14.2 Å². The normalized spacial score (nSPS) is 21.0. The number of aliphatic hydroxyl groups excluding tert-OH is 1. The van der Waals surface area contributed by atoms with Gasteiger partial charge in [0.15, 0.2) is 17.3 Å². The molecule has 0 bridgehead atoms. The Hall–Kier alpha value is -4.25. The maximum atomic E-state index is 13.7. The number of halogens is 1. The van der Waals surface area contributed by atoms with Crippen LogP contribution < -0.4 is 14.2 Å². The zero-order valence-corrected chi connectivity index (χ0v) is 20.8. The summed E-state index contributed by atoms with van der Waals surface area (Å²) < 4.78 is 21.9. The van der Waals surface area contributed by atoms with Gasteiger partial charge < -0.3 is 23.8 Å². The first kappa shape index (κ1) is 24.4. The van der Waals surface area contributed by atoms with Gasteiger partial charge in [-0.2, -0.15) is 4.98 Å². The fourth-order valence-electron chi connectivity index (χ4n) is 4.46. The highest BCUT2D eigenvalue weighted by Crippen LogP contribution is 2.54. The lowest BCUT2D eigenvalue weighted by atomic mass is 9.73. The van der Waals surface area contributed by atoms with Crippen LogP contribution in [0.25, 0.3) is 11.4 Å². The first-order chi connectivity index (χ1) is 17.8. The second-order valence-electron chi connectivity index (χ2n) is 8.48. The van der Waals surface area contributed by atoms with Crippen LogP contribution in [0.3, 0.4) is 0 Å². The number of rotatable bonds is 6. The Morgan fingerprint density at radius 2 is 2.08 bits per heavy atom. The summed E-state index contributed by atoms with van der Waals surface area (Å²) in [7, 11) is 2.80. The van der Waals surface area contributed by atoms with Crippen LogP contribution in [0.2, 0.25) is 5.02 Å². The van der Waals surface area contributed by atoms with Gasteiger partial charge in [-0.1, -0.05) is 23.7 Å². The third-order valence-corrected chi connectivity index (χ3v) is 6.70. The number of hydrogen-bond donors (Lipinski definition) is 1. The summed E-state index contributed by atoms with van der Waals surface area (Å²) in [5.41, 5.74) is -1.30. The Morgan fingerprint density at radius 1 is 1.30 bits per heavy atom. The standard InChI is InChI=1S/C25H21ClN4O7/c1-12-7-15(31)14(10-28-11-18-29-24(30-37-18)13-5-4-6-27-9-13)22(32)25(12)23(33)19-16(34-2)8-17(35-3)20(26)21(19)36-25/h4-6,8-10,12,32H,7,11H2,1-3H3. The molecule has 1 spiro atoms. The van der Waals surface area contributed by atoms with E-state index in [1.54, 1.807) is 31.5 Å².